The Kier molecular flexibility index (Phi) is 5.46. The van der Waals surface area contributed by atoms with Crippen molar-refractivity contribution in [3.8, 4) is 0 Å². The van der Waals surface area contributed by atoms with Gasteiger partial charge in [0.15, 0.2) is 0 Å². The van der Waals surface area contributed by atoms with E-state index < -0.39 is 0 Å². The summed E-state index contributed by atoms with van der Waals surface area (Å²) in [5, 5.41) is 0. The van der Waals surface area contributed by atoms with Crippen LogP contribution in [-0.2, 0) is 0 Å². The third-order valence-corrected chi connectivity index (χ3v) is 0.667. The Hall–Kier alpha value is -1.47. The van der Waals surface area contributed by atoms with Crippen molar-refractivity contribution in [1.82, 2.24) is 0 Å². The number of nitrogens with zero attached hydrogens (tertiary/aromatic N) is 3. The lowest BCUT2D eigenvalue weighted by molar-refractivity contribution is 1.72. The highest BCUT2D eigenvalue weighted by molar-refractivity contribution is 4.99. The molecule has 0 aliphatic rings. The highest BCUT2D eigenvalue weighted by Crippen LogP contribution is 1.79. The topological polar surface area (TPSA) is 58.7 Å². The van der Waals surface area contributed by atoms with E-state index in [0.717, 1.165) is 0 Å². The van der Waals surface area contributed by atoms with Crippen LogP contribution in [0.3, 0.4) is 0 Å². The zero-order valence-electron chi connectivity index (χ0n) is 4.81. The van der Waals surface area contributed by atoms with Crippen LogP contribution < -0.4 is 0 Å². The lowest BCUT2D eigenvalue weighted by Crippen LogP contribution is -1.47. The molecular weight excluding hydrogens is 114 g/mol. The molecule has 0 radical (unpaired) electrons. The molecule has 0 heterocycles. The Morgan fingerprint density at radius 2 is 0.778 bits per heavy atom. The molecule has 0 atom stereocenters. The Morgan fingerprint density at radius 3 is 0.889 bits per heavy atom. The van der Waals surface area contributed by atoms with Gasteiger partial charge in [0, 0.05) is 0 Å². The molecule has 0 N–H and O–H groups in total. The van der Waals surface area contributed by atoms with Crippen LogP contribution in [0.25, 0.3) is 16.0 Å². The van der Waals surface area contributed by atoms with Gasteiger partial charge in [-0.2, -0.15) is 0 Å². The van der Waals surface area contributed by atoms with Gasteiger partial charge >= 0.3 is 0 Å². The van der Waals surface area contributed by atoms with Gasteiger partial charge in [0.1, 0.15) is 0 Å². The minimum atomic E-state index is 1.50. The lowest BCUT2D eigenvalue weighted by Gasteiger charge is -1.69. The van der Waals surface area contributed by atoms with Crippen molar-refractivity contribution in [2.24, 2.45) is 0 Å². The minimum absolute atomic E-state index is 1.50. The Labute approximate surface area is 53.4 Å². The molecule has 0 aromatic heterocycles. The Morgan fingerprint density at radius 1 is 0.667 bits per heavy atom. The SMILES string of the molecule is [N-]=[N+]=[N-].c1ccccc1. The molecule has 1 aromatic rings. The fraction of sp³-hybridized carbons (Fsp3) is 0. The average Bonchev–Trinajstić information content (AvgIpc) is 1.93. The third kappa shape index (κ3) is 6.53. The van der Waals surface area contributed by atoms with Crippen LogP contribution in [0.2, 0.25) is 0 Å². The number of hydrogen-bond acceptors (Lipinski definition) is 0. The summed E-state index contributed by atoms with van der Waals surface area (Å²) < 4.78 is 0. The van der Waals surface area contributed by atoms with Gasteiger partial charge in [-0.15, -0.1) is 0 Å². The fourth-order valence-electron chi connectivity index (χ4n) is 0.385. The van der Waals surface area contributed by atoms with E-state index >= 15 is 0 Å². The van der Waals surface area contributed by atoms with Gasteiger partial charge in [-0.3, -0.25) is 4.91 Å². The van der Waals surface area contributed by atoms with E-state index in [-0.39, 0.29) is 0 Å². The van der Waals surface area contributed by atoms with Gasteiger partial charge in [-0.25, -0.2) is 0 Å². The van der Waals surface area contributed by atoms with Gasteiger partial charge in [0.25, 0.3) is 0 Å². The molecule has 0 saturated heterocycles. The van der Waals surface area contributed by atoms with Gasteiger partial charge in [0.2, 0.25) is 0 Å². The summed E-state index contributed by atoms with van der Waals surface area (Å²) in [6.45, 7) is 0. The second-order valence-electron chi connectivity index (χ2n) is 1.24. The Balaban J connectivity index is 0.000000187. The summed E-state index contributed by atoms with van der Waals surface area (Å²) in [6.07, 6.45) is 0. The van der Waals surface area contributed by atoms with E-state index in [2.05, 4.69) is 0 Å². The normalized spacial score (nSPS) is 6.22. The quantitative estimate of drug-likeness (QED) is 0.287. The second kappa shape index (κ2) is 6.53. The van der Waals surface area contributed by atoms with Crippen molar-refractivity contribution in [3.63, 3.8) is 0 Å². The summed E-state index contributed by atoms with van der Waals surface area (Å²) >= 11 is 0. The predicted molar refractivity (Wildman–Crippen MR) is 36.5 cm³/mol. The summed E-state index contributed by atoms with van der Waals surface area (Å²) in [5.41, 5.74) is 13.5. The standard InChI is InChI=1S/C6H6.N3/c1-2-4-6-5-3-1;1-3-2/h1-6H;/q;-1. The molecular formula is C6H6N3-. The second-order valence-corrected chi connectivity index (χ2v) is 1.24. The zero-order valence-corrected chi connectivity index (χ0v) is 4.81. The largest absolute Gasteiger partial charge is 0.373 e. The summed E-state index contributed by atoms with van der Waals surface area (Å²) in [6, 6.07) is 12.0. The van der Waals surface area contributed by atoms with Crippen molar-refractivity contribution < 1.29 is 0 Å². The van der Waals surface area contributed by atoms with Gasteiger partial charge in [-0.1, -0.05) is 36.4 Å². The molecule has 0 spiro atoms. The van der Waals surface area contributed by atoms with Crippen molar-refractivity contribution in [1.29, 1.82) is 0 Å². The molecule has 0 saturated carbocycles. The monoisotopic (exact) mass is 120 g/mol. The molecule has 1 aromatic carbocycles. The van der Waals surface area contributed by atoms with Crippen LogP contribution >= 0.6 is 0 Å². The first-order valence-corrected chi connectivity index (χ1v) is 2.40. The molecule has 0 unspecified atom stereocenters. The van der Waals surface area contributed by atoms with Crippen LogP contribution in [0.4, 0.5) is 0 Å². The third-order valence-electron chi connectivity index (χ3n) is 0.667. The first-order valence-electron chi connectivity index (χ1n) is 2.40. The maximum Gasteiger partial charge on any atom is -0.0623 e. The van der Waals surface area contributed by atoms with E-state index in [9.17, 15) is 0 Å². The summed E-state index contributed by atoms with van der Waals surface area (Å²) in [5.74, 6) is 0. The first kappa shape index (κ1) is 7.53. The number of rotatable bonds is 0. The molecule has 3 nitrogen and oxygen atoms in total. The van der Waals surface area contributed by atoms with Crippen LogP contribution in [0.1, 0.15) is 0 Å². The molecule has 1 rings (SSSR count). The van der Waals surface area contributed by atoms with Crippen LogP contribution in [0, 0.1) is 0 Å². The smallest absolute Gasteiger partial charge is 0.0623 e. The van der Waals surface area contributed by atoms with E-state index in [1.807, 2.05) is 36.4 Å². The number of hydrogen-bond donors (Lipinski definition) is 0. The molecule has 46 valence electrons. The Bertz CT molecular complexity index is 138. The molecule has 0 aliphatic carbocycles. The van der Waals surface area contributed by atoms with E-state index in [1.165, 1.54) is 4.91 Å². The van der Waals surface area contributed by atoms with Crippen molar-refractivity contribution >= 4 is 0 Å². The minimum Gasteiger partial charge on any atom is -0.373 e. The molecule has 0 fully saturated rings. The predicted octanol–water partition coefficient (Wildman–Crippen LogP) is 2.55. The van der Waals surface area contributed by atoms with Crippen LogP contribution in [0.5, 0.6) is 0 Å². The maximum absolute atomic E-state index is 6.75. The van der Waals surface area contributed by atoms with Crippen molar-refractivity contribution in [3.05, 3.63) is 52.4 Å². The van der Waals surface area contributed by atoms with E-state index in [1.54, 1.807) is 0 Å². The number of benzene rings is 1. The highest BCUT2D eigenvalue weighted by atomic mass is 15.0. The molecule has 0 aliphatic heterocycles. The summed E-state index contributed by atoms with van der Waals surface area (Å²) in [4.78, 5) is 1.50. The van der Waals surface area contributed by atoms with Gasteiger partial charge < -0.3 is 11.1 Å². The van der Waals surface area contributed by atoms with Gasteiger partial charge in [-0.05, 0) is 0 Å². The molecule has 0 bridgehead atoms. The fourth-order valence-corrected chi connectivity index (χ4v) is 0.385. The van der Waals surface area contributed by atoms with Crippen LogP contribution in [0.15, 0.2) is 36.4 Å². The van der Waals surface area contributed by atoms with Crippen molar-refractivity contribution in [2.75, 3.05) is 0 Å². The van der Waals surface area contributed by atoms with E-state index in [0.29, 0.717) is 0 Å². The molecule has 9 heavy (non-hydrogen) atoms. The first-order chi connectivity index (χ1) is 4.41. The van der Waals surface area contributed by atoms with Gasteiger partial charge in [0.05, 0.1) is 0 Å². The maximum atomic E-state index is 6.75. The lowest BCUT2D eigenvalue weighted by atomic mass is 10.4. The van der Waals surface area contributed by atoms with E-state index in [4.69, 9.17) is 11.1 Å². The molecule has 0 amide bonds. The van der Waals surface area contributed by atoms with Crippen LogP contribution in [-0.4, -0.2) is 0 Å². The molecule has 3 heteroatoms. The van der Waals surface area contributed by atoms with Crippen molar-refractivity contribution in [2.45, 2.75) is 0 Å². The average molecular weight is 120 g/mol. The summed E-state index contributed by atoms with van der Waals surface area (Å²) in [7, 11) is 0. The zero-order chi connectivity index (χ0) is 6.95. The highest BCUT2D eigenvalue weighted by Gasteiger charge is 1.57.